The summed E-state index contributed by atoms with van der Waals surface area (Å²) in [6.45, 7) is 3.92. The third-order valence-electron chi connectivity index (χ3n) is 6.91. The standard InChI is InChI=1S/C21H28F3N3O5S/c1-2-26-20(7-11-25(12-8-20)15-19(29)9-13-32-14-10-19)18(28)27(33(26,30)31)17-5-3-16(4-6-17)21(22,23)24/h3-6,29H,2,7-15H2,1H3. The second kappa shape index (κ2) is 8.49. The number of ether oxygens (including phenoxy) is 1. The quantitative estimate of drug-likeness (QED) is 0.693. The number of likely N-dealkylation sites (N-methyl/N-ethyl adjacent to an activating group) is 1. The molecule has 0 saturated carbocycles. The van der Waals surface area contributed by atoms with E-state index in [-0.39, 0.29) is 25.1 Å². The number of carbonyl (C=O) groups is 1. The van der Waals surface area contributed by atoms with E-state index >= 15 is 0 Å². The van der Waals surface area contributed by atoms with E-state index in [2.05, 4.69) is 0 Å². The molecule has 1 N–H and O–H groups in total. The van der Waals surface area contributed by atoms with E-state index in [0.29, 0.717) is 50.0 Å². The summed E-state index contributed by atoms with van der Waals surface area (Å²) in [7, 11) is -4.24. The summed E-state index contributed by atoms with van der Waals surface area (Å²) < 4.78 is 72.4. The SMILES string of the molecule is CCN1C2(CCN(CC3(O)CCOCC3)CC2)C(=O)N(c2ccc(C(F)(F)F)cc2)S1(=O)=O. The first-order valence-electron chi connectivity index (χ1n) is 11.0. The van der Waals surface area contributed by atoms with Gasteiger partial charge in [-0.3, -0.25) is 4.79 Å². The minimum absolute atomic E-state index is 0.0620. The molecule has 1 spiro atoms. The minimum atomic E-state index is -4.57. The number of hydrogen-bond acceptors (Lipinski definition) is 6. The van der Waals surface area contributed by atoms with E-state index in [4.69, 9.17) is 4.74 Å². The Balaban J connectivity index is 1.56. The van der Waals surface area contributed by atoms with Crippen molar-refractivity contribution in [2.24, 2.45) is 0 Å². The Morgan fingerprint density at radius 2 is 1.64 bits per heavy atom. The molecule has 0 bridgehead atoms. The molecule has 0 atom stereocenters. The third kappa shape index (κ3) is 4.27. The summed E-state index contributed by atoms with van der Waals surface area (Å²) in [5.41, 5.74) is -3.19. The maximum absolute atomic E-state index is 13.5. The minimum Gasteiger partial charge on any atom is -0.388 e. The molecule has 0 aliphatic carbocycles. The maximum Gasteiger partial charge on any atom is 0.416 e. The van der Waals surface area contributed by atoms with E-state index in [0.717, 1.165) is 24.3 Å². The molecule has 1 aromatic carbocycles. The Hall–Kier alpha value is -1.73. The van der Waals surface area contributed by atoms with Gasteiger partial charge >= 0.3 is 16.4 Å². The number of β-amino-alcohol motifs (C(OH)–C–C–N with tert-alkyl or cyclic N) is 1. The van der Waals surface area contributed by atoms with Crippen molar-refractivity contribution < 1.29 is 36.2 Å². The van der Waals surface area contributed by atoms with Crippen LogP contribution < -0.4 is 4.31 Å². The molecule has 3 saturated heterocycles. The van der Waals surface area contributed by atoms with Crippen LogP contribution in [0.25, 0.3) is 0 Å². The van der Waals surface area contributed by atoms with Crippen LogP contribution in [0.5, 0.6) is 0 Å². The van der Waals surface area contributed by atoms with Crippen LogP contribution in [0.2, 0.25) is 0 Å². The van der Waals surface area contributed by atoms with Gasteiger partial charge in [0, 0.05) is 52.2 Å². The number of nitrogens with zero attached hydrogens (tertiary/aromatic N) is 3. The van der Waals surface area contributed by atoms with E-state index < -0.39 is 39.0 Å². The molecule has 8 nitrogen and oxygen atoms in total. The fraction of sp³-hybridized carbons (Fsp3) is 0.667. The highest BCUT2D eigenvalue weighted by atomic mass is 32.2. The van der Waals surface area contributed by atoms with Gasteiger partial charge in [-0.25, -0.2) is 0 Å². The zero-order valence-electron chi connectivity index (χ0n) is 18.3. The zero-order chi connectivity index (χ0) is 24.1. The summed E-state index contributed by atoms with van der Waals surface area (Å²) in [5, 5.41) is 10.8. The van der Waals surface area contributed by atoms with E-state index in [9.17, 15) is 31.5 Å². The van der Waals surface area contributed by atoms with E-state index in [1.54, 1.807) is 6.92 Å². The molecule has 12 heteroatoms. The molecule has 0 radical (unpaired) electrons. The number of aliphatic hydroxyl groups is 1. The highest BCUT2D eigenvalue weighted by molar-refractivity contribution is 7.92. The van der Waals surface area contributed by atoms with Gasteiger partial charge in [0.25, 0.3) is 5.91 Å². The number of hydrogen-bond donors (Lipinski definition) is 1. The lowest BCUT2D eigenvalue weighted by Gasteiger charge is -2.43. The second-order valence-corrected chi connectivity index (χ2v) is 10.6. The average Bonchev–Trinajstić information content (AvgIpc) is 2.91. The van der Waals surface area contributed by atoms with Gasteiger partial charge in [-0.05, 0) is 37.1 Å². The van der Waals surface area contributed by atoms with Gasteiger partial charge in [0.05, 0.1) is 16.9 Å². The van der Waals surface area contributed by atoms with Crippen LogP contribution >= 0.6 is 0 Å². The lowest BCUT2D eigenvalue weighted by Crippen LogP contribution is -2.58. The molecule has 1 aromatic rings. The molecule has 4 rings (SSSR count). The van der Waals surface area contributed by atoms with E-state index in [1.807, 2.05) is 4.90 Å². The number of carbonyl (C=O) groups excluding carboxylic acids is 1. The Morgan fingerprint density at radius 3 is 2.15 bits per heavy atom. The largest absolute Gasteiger partial charge is 0.416 e. The molecule has 0 unspecified atom stereocenters. The smallest absolute Gasteiger partial charge is 0.388 e. The van der Waals surface area contributed by atoms with Crippen molar-refractivity contribution in [1.82, 2.24) is 9.21 Å². The molecule has 33 heavy (non-hydrogen) atoms. The molecule has 184 valence electrons. The Kier molecular flexibility index (Phi) is 6.28. The number of alkyl halides is 3. The van der Waals surface area contributed by atoms with Crippen molar-refractivity contribution in [1.29, 1.82) is 0 Å². The summed E-state index contributed by atoms with van der Waals surface area (Å²) in [5.74, 6) is -0.645. The van der Waals surface area contributed by atoms with Crippen molar-refractivity contribution in [3.8, 4) is 0 Å². The Bertz CT molecular complexity index is 985. The Morgan fingerprint density at radius 1 is 1.06 bits per heavy atom. The summed E-state index contributed by atoms with van der Waals surface area (Å²) >= 11 is 0. The molecular weight excluding hydrogens is 463 g/mol. The van der Waals surface area contributed by atoms with Crippen molar-refractivity contribution in [3.63, 3.8) is 0 Å². The normalized spacial score (nSPS) is 25.6. The van der Waals surface area contributed by atoms with Crippen molar-refractivity contribution in [3.05, 3.63) is 29.8 Å². The van der Waals surface area contributed by atoms with Gasteiger partial charge in [0.1, 0.15) is 5.54 Å². The highest BCUT2D eigenvalue weighted by Crippen LogP contribution is 2.43. The second-order valence-electron chi connectivity index (χ2n) is 8.93. The van der Waals surface area contributed by atoms with Crippen LogP contribution in [0, 0.1) is 0 Å². The van der Waals surface area contributed by atoms with Crippen LogP contribution in [0.4, 0.5) is 18.9 Å². The number of benzene rings is 1. The monoisotopic (exact) mass is 491 g/mol. The first-order valence-corrected chi connectivity index (χ1v) is 12.4. The van der Waals surface area contributed by atoms with Crippen molar-refractivity contribution >= 4 is 21.8 Å². The van der Waals surface area contributed by atoms with Gasteiger partial charge in [-0.1, -0.05) is 6.92 Å². The van der Waals surface area contributed by atoms with Gasteiger partial charge in [0.15, 0.2) is 0 Å². The summed E-state index contributed by atoms with van der Waals surface area (Å²) in [4.78, 5) is 15.5. The van der Waals surface area contributed by atoms with Crippen LogP contribution in [-0.4, -0.2) is 79.2 Å². The van der Waals surface area contributed by atoms with Gasteiger partial charge in [-0.15, -0.1) is 0 Å². The highest BCUT2D eigenvalue weighted by Gasteiger charge is 2.61. The molecule has 0 aromatic heterocycles. The van der Waals surface area contributed by atoms with E-state index in [1.165, 1.54) is 4.31 Å². The summed E-state index contributed by atoms with van der Waals surface area (Å²) in [6, 6.07) is 3.58. The molecular formula is C21H28F3N3O5S. The third-order valence-corrected chi connectivity index (χ3v) is 8.91. The number of likely N-dealkylation sites (tertiary alicyclic amines) is 1. The predicted octanol–water partition coefficient (Wildman–Crippen LogP) is 1.99. The van der Waals surface area contributed by atoms with Crippen LogP contribution in [0.15, 0.2) is 24.3 Å². The van der Waals surface area contributed by atoms with Gasteiger partial charge in [0.2, 0.25) is 0 Å². The number of amides is 1. The van der Waals surface area contributed by atoms with Crippen molar-refractivity contribution in [2.75, 3.05) is 43.7 Å². The number of anilines is 1. The van der Waals surface area contributed by atoms with Crippen LogP contribution in [0.3, 0.4) is 0 Å². The van der Waals surface area contributed by atoms with Crippen LogP contribution in [-0.2, 0) is 25.9 Å². The van der Waals surface area contributed by atoms with Gasteiger partial charge in [-0.2, -0.15) is 30.2 Å². The van der Waals surface area contributed by atoms with Gasteiger partial charge < -0.3 is 14.7 Å². The first-order chi connectivity index (χ1) is 15.4. The number of rotatable bonds is 4. The topological polar surface area (TPSA) is 90.4 Å². The summed E-state index contributed by atoms with van der Waals surface area (Å²) in [6.07, 6.45) is -3.05. The lowest BCUT2D eigenvalue weighted by atomic mass is 9.84. The first kappa shape index (κ1) is 24.4. The predicted molar refractivity (Wildman–Crippen MR) is 114 cm³/mol. The van der Waals surface area contributed by atoms with Crippen molar-refractivity contribution in [2.45, 2.75) is 49.9 Å². The Labute approximate surface area is 191 Å². The number of halogens is 3. The molecule has 3 heterocycles. The molecule has 3 aliphatic heterocycles. The number of piperidine rings is 1. The molecule has 3 fully saturated rings. The fourth-order valence-corrected chi connectivity index (χ4v) is 7.09. The molecule has 1 amide bonds. The molecule has 3 aliphatic rings. The fourth-order valence-electron chi connectivity index (χ4n) is 5.09. The maximum atomic E-state index is 13.5. The zero-order valence-corrected chi connectivity index (χ0v) is 19.2. The lowest BCUT2D eigenvalue weighted by molar-refractivity contribution is -0.137. The average molecular weight is 492 g/mol. The van der Waals surface area contributed by atoms with Crippen LogP contribution in [0.1, 0.15) is 38.2 Å².